The number of carbonyl (C=O) groups excluding carboxylic acids is 1. The normalized spacial score (nSPS) is 10.4. The van der Waals surface area contributed by atoms with Gasteiger partial charge in [0.2, 0.25) is 0 Å². The zero-order valence-electron chi connectivity index (χ0n) is 8.80. The Morgan fingerprint density at radius 2 is 1.94 bits per heavy atom. The number of Topliss-reactive ketones (excluding diaryl/α,β-unsaturated/α-hetero) is 1. The van der Waals surface area contributed by atoms with Gasteiger partial charge in [0.05, 0.1) is 10.0 Å². The predicted octanol–water partition coefficient (Wildman–Crippen LogP) is 4.16. The van der Waals surface area contributed by atoms with E-state index < -0.39 is 0 Å². The lowest BCUT2D eigenvalue weighted by molar-refractivity contribution is -0.117. The summed E-state index contributed by atoms with van der Waals surface area (Å²) >= 11 is 13.1. The van der Waals surface area contributed by atoms with Gasteiger partial charge in [-0.15, -0.1) is 11.8 Å². The number of carbonyl (C=O) groups is 1. The third-order valence-electron chi connectivity index (χ3n) is 1.93. The van der Waals surface area contributed by atoms with E-state index in [4.69, 9.17) is 23.2 Å². The minimum Gasteiger partial charge on any atom is -0.505 e. The van der Waals surface area contributed by atoms with Gasteiger partial charge in [-0.3, -0.25) is 0 Å². The van der Waals surface area contributed by atoms with Crippen molar-refractivity contribution >= 4 is 40.7 Å². The molecule has 0 saturated heterocycles. The van der Waals surface area contributed by atoms with Crippen LogP contribution in [0.15, 0.2) is 17.0 Å². The van der Waals surface area contributed by atoms with Crippen LogP contribution in [0.25, 0.3) is 0 Å². The SMILES string of the molecule is CC(=O)CCCSc1cc(Cl)c(O)c(Cl)c1. The van der Waals surface area contributed by atoms with Crippen LogP contribution in [0, 0.1) is 0 Å². The summed E-state index contributed by atoms with van der Waals surface area (Å²) in [5.74, 6) is 0.940. The highest BCUT2D eigenvalue weighted by molar-refractivity contribution is 7.99. The molecule has 1 N–H and O–H groups in total. The fraction of sp³-hybridized carbons (Fsp3) is 0.364. The van der Waals surface area contributed by atoms with Crippen molar-refractivity contribution in [1.82, 2.24) is 0 Å². The second kappa shape index (κ2) is 6.38. The highest BCUT2D eigenvalue weighted by Crippen LogP contribution is 2.36. The summed E-state index contributed by atoms with van der Waals surface area (Å²) in [6, 6.07) is 3.34. The van der Waals surface area contributed by atoms with E-state index in [1.165, 1.54) is 0 Å². The van der Waals surface area contributed by atoms with Crippen LogP contribution in [0.4, 0.5) is 0 Å². The van der Waals surface area contributed by atoms with E-state index in [0.29, 0.717) is 6.42 Å². The molecule has 0 heterocycles. The van der Waals surface area contributed by atoms with Crippen molar-refractivity contribution < 1.29 is 9.90 Å². The van der Waals surface area contributed by atoms with Gasteiger partial charge in [0, 0.05) is 11.3 Å². The molecule has 0 spiro atoms. The van der Waals surface area contributed by atoms with Crippen LogP contribution >= 0.6 is 35.0 Å². The Morgan fingerprint density at radius 1 is 1.38 bits per heavy atom. The van der Waals surface area contributed by atoms with Gasteiger partial charge < -0.3 is 9.90 Å². The molecule has 88 valence electrons. The maximum atomic E-state index is 10.7. The maximum absolute atomic E-state index is 10.7. The number of aromatic hydroxyl groups is 1. The van der Waals surface area contributed by atoms with Crippen molar-refractivity contribution in [3.8, 4) is 5.75 Å². The van der Waals surface area contributed by atoms with Crippen LogP contribution in [0.1, 0.15) is 19.8 Å². The first-order valence-corrected chi connectivity index (χ1v) is 6.55. The Balaban J connectivity index is 2.52. The molecule has 0 aliphatic heterocycles. The molecule has 0 aromatic heterocycles. The summed E-state index contributed by atoms with van der Waals surface area (Å²) in [6.45, 7) is 1.58. The molecular formula is C11H12Cl2O2S. The van der Waals surface area contributed by atoms with Gasteiger partial charge in [-0.25, -0.2) is 0 Å². The van der Waals surface area contributed by atoms with Crippen LogP contribution in [0.5, 0.6) is 5.75 Å². The molecule has 5 heteroatoms. The van der Waals surface area contributed by atoms with Crippen molar-refractivity contribution in [3.63, 3.8) is 0 Å². The molecule has 2 nitrogen and oxygen atoms in total. The molecule has 16 heavy (non-hydrogen) atoms. The molecule has 0 amide bonds. The third-order valence-corrected chi connectivity index (χ3v) is 3.57. The van der Waals surface area contributed by atoms with Crippen molar-refractivity contribution in [2.75, 3.05) is 5.75 Å². The predicted molar refractivity (Wildman–Crippen MR) is 68.8 cm³/mol. The van der Waals surface area contributed by atoms with Crippen molar-refractivity contribution in [3.05, 3.63) is 22.2 Å². The van der Waals surface area contributed by atoms with Crippen LogP contribution in [-0.2, 0) is 4.79 Å². The smallest absolute Gasteiger partial charge is 0.152 e. The fourth-order valence-electron chi connectivity index (χ4n) is 1.14. The topological polar surface area (TPSA) is 37.3 Å². The molecule has 0 saturated carbocycles. The molecule has 0 bridgehead atoms. The molecule has 0 aliphatic carbocycles. The highest BCUT2D eigenvalue weighted by atomic mass is 35.5. The summed E-state index contributed by atoms with van der Waals surface area (Å²) in [5, 5.41) is 9.86. The second-order valence-electron chi connectivity index (χ2n) is 3.39. The Hall–Kier alpha value is -0.380. The lowest BCUT2D eigenvalue weighted by Gasteiger charge is -2.04. The molecule has 0 fully saturated rings. The van der Waals surface area contributed by atoms with Crippen LogP contribution in [-0.4, -0.2) is 16.6 Å². The minimum atomic E-state index is -0.0866. The van der Waals surface area contributed by atoms with E-state index in [0.717, 1.165) is 17.1 Å². The molecule has 0 unspecified atom stereocenters. The molecular weight excluding hydrogens is 267 g/mol. The molecule has 0 atom stereocenters. The highest BCUT2D eigenvalue weighted by Gasteiger charge is 2.06. The summed E-state index contributed by atoms with van der Waals surface area (Å²) in [5.41, 5.74) is 0. The molecule has 0 aliphatic rings. The summed E-state index contributed by atoms with van der Waals surface area (Å²) in [7, 11) is 0. The van der Waals surface area contributed by atoms with E-state index in [-0.39, 0.29) is 21.6 Å². The maximum Gasteiger partial charge on any atom is 0.152 e. The number of phenolic OH excluding ortho intramolecular Hbond substituents is 1. The largest absolute Gasteiger partial charge is 0.505 e. The number of thioether (sulfide) groups is 1. The zero-order valence-corrected chi connectivity index (χ0v) is 11.1. The van der Waals surface area contributed by atoms with Gasteiger partial charge in [0.15, 0.2) is 5.75 Å². The molecule has 1 aromatic rings. The van der Waals surface area contributed by atoms with Crippen LogP contribution in [0.2, 0.25) is 10.0 Å². The summed E-state index contributed by atoms with van der Waals surface area (Å²) in [4.78, 5) is 11.6. The quantitative estimate of drug-likeness (QED) is 0.649. The molecule has 1 rings (SSSR count). The van der Waals surface area contributed by atoms with E-state index in [1.54, 1.807) is 30.8 Å². The summed E-state index contributed by atoms with van der Waals surface area (Å²) < 4.78 is 0. The first-order chi connectivity index (χ1) is 7.50. The van der Waals surface area contributed by atoms with Gasteiger partial charge in [0.25, 0.3) is 0 Å². The number of benzene rings is 1. The Bertz CT molecular complexity index is 371. The zero-order chi connectivity index (χ0) is 12.1. The first kappa shape index (κ1) is 13.7. The summed E-state index contributed by atoms with van der Waals surface area (Å²) in [6.07, 6.45) is 1.42. The van der Waals surface area contributed by atoms with Crippen molar-refractivity contribution in [2.24, 2.45) is 0 Å². The number of rotatable bonds is 5. The minimum absolute atomic E-state index is 0.0866. The van der Waals surface area contributed by atoms with Crippen molar-refractivity contribution in [2.45, 2.75) is 24.7 Å². The molecule has 1 aromatic carbocycles. The van der Waals surface area contributed by atoms with Gasteiger partial charge in [-0.1, -0.05) is 23.2 Å². The van der Waals surface area contributed by atoms with Crippen molar-refractivity contribution in [1.29, 1.82) is 0 Å². The number of hydrogen-bond acceptors (Lipinski definition) is 3. The lowest BCUT2D eigenvalue weighted by Crippen LogP contribution is -1.90. The van der Waals surface area contributed by atoms with E-state index in [2.05, 4.69) is 0 Å². The van der Waals surface area contributed by atoms with Gasteiger partial charge >= 0.3 is 0 Å². The Kier molecular flexibility index (Phi) is 5.46. The van der Waals surface area contributed by atoms with E-state index in [1.807, 2.05) is 0 Å². The van der Waals surface area contributed by atoms with Gasteiger partial charge in [0.1, 0.15) is 5.78 Å². The standard InChI is InChI=1S/C11H12Cl2O2S/c1-7(14)3-2-4-16-8-5-9(12)11(15)10(13)6-8/h5-6,15H,2-4H2,1H3. The molecule has 0 radical (unpaired) electrons. The second-order valence-corrected chi connectivity index (χ2v) is 5.37. The number of ketones is 1. The number of hydrogen-bond donors (Lipinski definition) is 1. The van der Waals surface area contributed by atoms with E-state index >= 15 is 0 Å². The monoisotopic (exact) mass is 278 g/mol. The van der Waals surface area contributed by atoms with Gasteiger partial charge in [-0.05, 0) is 31.2 Å². The average molecular weight is 279 g/mol. The van der Waals surface area contributed by atoms with Gasteiger partial charge in [-0.2, -0.15) is 0 Å². The first-order valence-electron chi connectivity index (χ1n) is 4.81. The van der Waals surface area contributed by atoms with Crippen LogP contribution in [0.3, 0.4) is 0 Å². The average Bonchev–Trinajstić information content (AvgIpc) is 2.20. The number of halogens is 2. The number of phenols is 1. The Labute approximate surface area is 109 Å². The fourth-order valence-corrected chi connectivity index (χ4v) is 2.68. The van der Waals surface area contributed by atoms with E-state index in [9.17, 15) is 9.90 Å². The lowest BCUT2D eigenvalue weighted by atomic mass is 10.3. The third kappa shape index (κ3) is 4.24. The van der Waals surface area contributed by atoms with Crippen LogP contribution < -0.4 is 0 Å². The Morgan fingerprint density at radius 3 is 2.44 bits per heavy atom.